The first-order chi connectivity index (χ1) is 8.16. The van der Waals surface area contributed by atoms with E-state index in [4.69, 9.17) is 0 Å². The Morgan fingerprint density at radius 1 is 1.24 bits per heavy atom. The highest BCUT2D eigenvalue weighted by atomic mass is 16.2. The Balaban J connectivity index is 1.95. The summed E-state index contributed by atoms with van der Waals surface area (Å²) in [5, 5.41) is 0. The number of imide groups is 1. The maximum absolute atomic E-state index is 11.6. The number of hydrogen-bond donors (Lipinski definition) is 0. The summed E-state index contributed by atoms with van der Waals surface area (Å²) in [5.41, 5.74) is 2.03. The van der Waals surface area contributed by atoms with Crippen LogP contribution >= 0.6 is 0 Å². The third-order valence-corrected chi connectivity index (χ3v) is 2.98. The van der Waals surface area contributed by atoms with Crippen LogP contribution in [0.25, 0.3) is 0 Å². The van der Waals surface area contributed by atoms with Gasteiger partial charge in [0.15, 0.2) is 0 Å². The van der Waals surface area contributed by atoms with Crippen molar-refractivity contribution < 1.29 is 9.59 Å². The molecule has 1 aliphatic rings. The summed E-state index contributed by atoms with van der Waals surface area (Å²) in [4.78, 5) is 28.7. The van der Waals surface area contributed by atoms with Crippen LogP contribution in [0.3, 0.4) is 0 Å². The van der Waals surface area contributed by atoms with Gasteiger partial charge in [-0.3, -0.25) is 19.5 Å². The molecule has 0 bridgehead atoms. The molecule has 0 aromatic carbocycles. The van der Waals surface area contributed by atoms with Crippen LogP contribution < -0.4 is 0 Å². The summed E-state index contributed by atoms with van der Waals surface area (Å²) in [6.07, 6.45) is 4.18. The number of pyridine rings is 1. The van der Waals surface area contributed by atoms with Gasteiger partial charge in [-0.15, -0.1) is 0 Å². The molecule has 0 N–H and O–H groups in total. The number of aromatic nitrogens is 1. The zero-order valence-corrected chi connectivity index (χ0v) is 9.98. The number of hydrogen-bond acceptors (Lipinski definition) is 3. The predicted molar refractivity (Wildman–Crippen MR) is 63.2 cm³/mol. The van der Waals surface area contributed by atoms with Crippen LogP contribution in [-0.4, -0.2) is 28.2 Å². The summed E-state index contributed by atoms with van der Waals surface area (Å²) in [6.45, 7) is 2.41. The Hall–Kier alpha value is -1.71. The van der Waals surface area contributed by atoms with Crippen LogP contribution in [0.1, 0.15) is 30.5 Å². The lowest BCUT2D eigenvalue weighted by Crippen LogP contribution is -2.41. The van der Waals surface area contributed by atoms with Crippen molar-refractivity contribution in [1.29, 1.82) is 0 Å². The molecule has 90 valence electrons. The van der Waals surface area contributed by atoms with Crippen LogP contribution in [-0.2, 0) is 16.0 Å². The topological polar surface area (TPSA) is 50.3 Å². The number of amides is 2. The fourth-order valence-corrected chi connectivity index (χ4v) is 1.94. The zero-order valence-electron chi connectivity index (χ0n) is 9.98. The number of rotatable bonds is 3. The van der Waals surface area contributed by atoms with Crippen molar-refractivity contribution in [2.45, 2.75) is 32.6 Å². The van der Waals surface area contributed by atoms with Crippen molar-refractivity contribution in [3.05, 3.63) is 29.6 Å². The zero-order chi connectivity index (χ0) is 12.3. The fourth-order valence-electron chi connectivity index (χ4n) is 1.94. The molecule has 4 heteroatoms. The van der Waals surface area contributed by atoms with Crippen LogP contribution in [0.5, 0.6) is 0 Å². The van der Waals surface area contributed by atoms with E-state index in [-0.39, 0.29) is 11.8 Å². The maximum Gasteiger partial charge on any atom is 0.229 e. The number of likely N-dealkylation sites (tertiary alicyclic amines) is 1. The molecule has 1 aromatic heterocycles. The molecule has 0 atom stereocenters. The number of carbonyl (C=O) groups excluding carboxylic acids is 2. The molecule has 1 fully saturated rings. The van der Waals surface area contributed by atoms with Crippen molar-refractivity contribution >= 4 is 11.8 Å². The lowest BCUT2D eigenvalue weighted by atomic mass is 10.1. The van der Waals surface area contributed by atoms with E-state index >= 15 is 0 Å². The molecular weight excluding hydrogens is 216 g/mol. The second-order valence-corrected chi connectivity index (χ2v) is 4.35. The van der Waals surface area contributed by atoms with E-state index in [1.165, 1.54) is 4.90 Å². The minimum Gasteiger partial charge on any atom is -0.282 e. The van der Waals surface area contributed by atoms with Gasteiger partial charge in [0.2, 0.25) is 11.8 Å². The van der Waals surface area contributed by atoms with Crippen molar-refractivity contribution in [2.75, 3.05) is 6.54 Å². The van der Waals surface area contributed by atoms with Gasteiger partial charge < -0.3 is 0 Å². The molecule has 0 radical (unpaired) electrons. The lowest BCUT2D eigenvalue weighted by Gasteiger charge is -2.24. The van der Waals surface area contributed by atoms with E-state index in [9.17, 15) is 9.59 Å². The largest absolute Gasteiger partial charge is 0.282 e. The molecule has 2 amide bonds. The van der Waals surface area contributed by atoms with Crippen molar-refractivity contribution in [2.24, 2.45) is 0 Å². The van der Waals surface area contributed by atoms with Crippen molar-refractivity contribution in [1.82, 2.24) is 9.88 Å². The highest BCUT2D eigenvalue weighted by Gasteiger charge is 2.25. The predicted octanol–water partition coefficient (Wildman–Crippen LogP) is 1.47. The molecule has 1 saturated heterocycles. The van der Waals surface area contributed by atoms with Crippen LogP contribution in [0.15, 0.2) is 18.3 Å². The summed E-state index contributed by atoms with van der Waals surface area (Å²) in [5.74, 6) is -0.0809. The molecule has 4 nitrogen and oxygen atoms in total. The smallest absolute Gasteiger partial charge is 0.229 e. The van der Waals surface area contributed by atoms with E-state index in [1.807, 2.05) is 19.1 Å². The first-order valence-electron chi connectivity index (χ1n) is 5.91. The standard InChI is InChI=1S/C13H16N2O2/c1-10-5-6-11(9-14-10)7-8-15-12(16)3-2-4-13(15)17/h5-6,9H,2-4,7-8H2,1H3. The van der Waals surface area contributed by atoms with E-state index < -0.39 is 0 Å². The Bertz CT molecular complexity index is 410. The van der Waals surface area contributed by atoms with Crippen molar-refractivity contribution in [3.63, 3.8) is 0 Å². The minimum atomic E-state index is -0.0404. The molecule has 2 heterocycles. The summed E-state index contributed by atoms with van der Waals surface area (Å²) in [7, 11) is 0. The van der Waals surface area contributed by atoms with Crippen molar-refractivity contribution in [3.8, 4) is 0 Å². The van der Waals surface area contributed by atoms with Gasteiger partial charge in [0.05, 0.1) is 0 Å². The second-order valence-electron chi connectivity index (χ2n) is 4.35. The molecule has 0 saturated carbocycles. The van der Waals surface area contributed by atoms with E-state index in [0.717, 1.165) is 11.3 Å². The monoisotopic (exact) mass is 232 g/mol. The first-order valence-corrected chi connectivity index (χ1v) is 5.91. The normalized spacial score (nSPS) is 16.4. The highest BCUT2D eigenvalue weighted by molar-refractivity contribution is 5.97. The lowest BCUT2D eigenvalue weighted by molar-refractivity contribution is -0.147. The molecule has 1 aliphatic heterocycles. The number of nitrogens with zero attached hydrogens (tertiary/aromatic N) is 2. The summed E-state index contributed by atoms with van der Waals surface area (Å²) in [6, 6.07) is 3.93. The Labute approximate surface area is 101 Å². The third kappa shape index (κ3) is 2.90. The molecule has 0 spiro atoms. The van der Waals surface area contributed by atoms with E-state index in [2.05, 4.69) is 4.98 Å². The fraction of sp³-hybridized carbons (Fsp3) is 0.462. The van der Waals surface area contributed by atoms with Gasteiger partial charge >= 0.3 is 0 Å². The Morgan fingerprint density at radius 2 is 1.94 bits per heavy atom. The SMILES string of the molecule is Cc1ccc(CCN2C(=O)CCCC2=O)cn1. The van der Waals surface area contributed by atoms with Crippen LogP contribution in [0, 0.1) is 6.92 Å². The molecule has 2 rings (SSSR count). The Morgan fingerprint density at radius 3 is 2.53 bits per heavy atom. The average molecular weight is 232 g/mol. The second kappa shape index (κ2) is 5.08. The van der Waals surface area contributed by atoms with Gasteiger partial charge in [0.25, 0.3) is 0 Å². The van der Waals surface area contributed by atoms with Gasteiger partial charge in [-0.2, -0.15) is 0 Å². The molecular formula is C13H16N2O2. The summed E-state index contributed by atoms with van der Waals surface area (Å²) < 4.78 is 0. The van der Waals surface area contributed by atoms with Crippen LogP contribution in [0.4, 0.5) is 0 Å². The number of piperidine rings is 1. The van der Waals surface area contributed by atoms with Gasteiger partial charge in [-0.1, -0.05) is 6.07 Å². The van der Waals surface area contributed by atoms with Crippen LogP contribution in [0.2, 0.25) is 0 Å². The van der Waals surface area contributed by atoms with Gasteiger partial charge in [0.1, 0.15) is 0 Å². The number of carbonyl (C=O) groups is 2. The average Bonchev–Trinajstić information content (AvgIpc) is 2.31. The van der Waals surface area contributed by atoms with E-state index in [1.54, 1.807) is 6.20 Å². The third-order valence-electron chi connectivity index (χ3n) is 2.98. The molecule has 0 unspecified atom stereocenters. The van der Waals surface area contributed by atoms with Gasteiger partial charge in [-0.25, -0.2) is 0 Å². The number of aryl methyl sites for hydroxylation is 1. The van der Waals surface area contributed by atoms with E-state index in [0.29, 0.717) is 32.2 Å². The minimum absolute atomic E-state index is 0.0404. The maximum atomic E-state index is 11.6. The summed E-state index contributed by atoms with van der Waals surface area (Å²) >= 11 is 0. The molecule has 0 aliphatic carbocycles. The quantitative estimate of drug-likeness (QED) is 0.741. The van der Waals surface area contributed by atoms with Gasteiger partial charge in [-0.05, 0) is 31.4 Å². The molecule has 1 aromatic rings. The highest BCUT2D eigenvalue weighted by Crippen LogP contribution is 2.13. The van der Waals surface area contributed by atoms with Gasteiger partial charge in [0, 0.05) is 31.3 Å². The first kappa shape index (κ1) is 11.8. The molecule has 17 heavy (non-hydrogen) atoms. The Kier molecular flexibility index (Phi) is 3.52.